The molecule has 0 N–H and O–H groups in total. The van der Waals surface area contributed by atoms with E-state index in [4.69, 9.17) is 0 Å². The van der Waals surface area contributed by atoms with E-state index in [0.29, 0.717) is 6.42 Å². The fourth-order valence-electron chi connectivity index (χ4n) is 2.35. The fraction of sp³-hybridized carbons (Fsp3) is 0.176. The Morgan fingerprint density at radius 1 is 0.842 bits per heavy atom. The molecule has 2 nitrogen and oxygen atoms in total. The highest BCUT2D eigenvalue weighted by molar-refractivity contribution is 6.03. The lowest BCUT2D eigenvalue weighted by Gasteiger charge is -2.04. The Balaban J connectivity index is 1.76. The molecule has 0 saturated carbocycles. The highest BCUT2D eigenvalue weighted by Gasteiger charge is 2.13. The average Bonchev–Trinajstić information content (AvgIpc) is 2.86. The summed E-state index contributed by atoms with van der Waals surface area (Å²) in [7, 11) is 0. The van der Waals surface area contributed by atoms with Crippen LogP contribution < -0.4 is 0 Å². The Morgan fingerprint density at radius 3 is 2.16 bits per heavy atom. The largest absolute Gasteiger partial charge is 0.273 e. The van der Waals surface area contributed by atoms with E-state index in [1.807, 2.05) is 18.2 Å². The van der Waals surface area contributed by atoms with Crippen molar-refractivity contribution in [3.63, 3.8) is 0 Å². The van der Waals surface area contributed by atoms with Gasteiger partial charge in [-0.05, 0) is 23.1 Å². The smallest absolute Gasteiger partial charge is 0.245 e. The maximum Gasteiger partial charge on any atom is 0.245 e. The lowest BCUT2D eigenvalue weighted by molar-refractivity contribution is -0.117. The van der Waals surface area contributed by atoms with Gasteiger partial charge in [0.05, 0.1) is 0 Å². The molecule has 1 amide bonds. The zero-order valence-corrected chi connectivity index (χ0v) is 10.7. The predicted octanol–water partition coefficient (Wildman–Crippen LogP) is 3.66. The summed E-state index contributed by atoms with van der Waals surface area (Å²) in [6.07, 6.45) is 2.19. The third-order valence-electron chi connectivity index (χ3n) is 3.38. The summed E-state index contributed by atoms with van der Waals surface area (Å²) in [5.74, 6) is 0.0240. The van der Waals surface area contributed by atoms with Crippen LogP contribution in [0.2, 0.25) is 0 Å². The van der Waals surface area contributed by atoms with E-state index in [0.717, 1.165) is 18.6 Å². The second kappa shape index (κ2) is 5.19. The van der Waals surface area contributed by atoms with Crippen LogP contribution in [0.15, 0.2) is 59.6 Å². The van der Waals surface area contributed by atoms with Gasteiger partial charge in [0.1, 0.15) is 0 Å². The zero-order valence-electron chi connectivity index (χ0n) is 10.7. The van der Waals surface area contributed by atoms with Gasteiger partial charge in [-0.2, -0.15) is 0 Å². The second-order valence-corrected chi connectivity index (χ2v) is 4.81. The summed E-state index contributed by atoms with van der Waals surface area (Å²) < 4.78 is 0. The Kier molecular flexibility index (Phi) is 3.23. The molecule has 2 aromatic carbocycles. The van der Waals surface area contributed by atoms with E-state index in [1.165, 1.54) is 16.7 Å². The van der Waals surface area contributed by atoms with Crippen LogP contribution >= 0.6 is 0 Å². The van der Waals surface area contributed by atoms with Crippen LogP contribution in [-0.4, -0.2) is 11.6 Å². The summed E-state index contributed by atoms with van der Waals surface area (Å²) in [5, 5.41) is 0. The monoisotopic (exact) mass is 249 g/mol. The molecule has 1 heterocycles. The molecule has 0 atom stereocenters. The molecule has 3 rings (SSSR count). The zero-order chi connectivity index (χ0) is 13.1. The molecule has 0 aliphatic carbocycles. The SMILES string of the molecule is O=C1CCC(Cc2ccc(-c3ccccc3)cc2)=N1. The third kappa shape index (κ3) is 2.79. The van der Waals surface area contributed by atoms with Gasteiger partial charge in [0.2, 0.25) is 5.91 Å². The van der Waals surface area contributed by atoms with Gasteiger partial charge in [-0.25, -0.2) is 4.99 Å². The van der Waals surface area contributed by atoms with Crippen molar-refractivity contribution in [2.75, 3.05) is 0 Å². The Bertz CT molecular complexity index is 611. The first kappa shape index (κ1) is 11.8. The number of hydrogen-bond donors (Lipinski definition) is 0. The lowest BCUT2D eigenvalue weighted by Crippen LogP contribution is -1.98. The van der Waals surface area contributed by atoms with Crippen LogP contribution in [0.25, 0.3) is 11.1 Å². The molecule has 1 aliphatic rings. The van der Waals surface area contributed by atoms with Crippen molar-refractivity contribution in [2.24, 2.45) is 4.99 Å². The van der Waals surface area contributed by atoms with Crippen LogP contribution in [0.5, 0.6) is 0 Å². The fourth-order valence-corrected chi connectivity index (χ4v) is 2.35. The first-order valence-electron chi connectivity index (χ1n) is 6.55. The van der Waals surface area contributed by atoms with E-state index >= 15 is 0 Å². The quantitative estimate of drug-likeness (QED) is 0.816. The number of rotatable bonds is 3. The predicted molar refractivity (Wildman–Crippen MR) is 77.3 cm³/mol. The molecule has 0 radical (unpaired) electrons. The van der Waals surface area contributed by atoms with E-state index in [2.05, 4.69) is 41.4 Å². The molecule has 94 valence electrons. The minimum atomic E-state index is 0.0240. The number of benzene rings is 2. The van der Waals surface area contributed by atoms with Gasteiger partial charge in [0.15, 0.2) is 0 Å². The summed E-state index contributed by atoms with van der Waals surface area (Å²) in [6, 6.07) is 18.8. The molecule has 19 heavy (non-hydrogen) atoms. The molecular weight excluding hydrogens is 234 g/mol. The molecule has 0 saturated heterocycles. The summed E-state index contributed by atoms with van der Waals surface area (Å²) >= 11 is 0. The van der Waals surface area contributed by atoms with Crippen molar-refractivity contribution in [2.45, 2.75) is 19.3 Å². The first-order valence-corrected chi connectivity index (χ1v) is 6.55. The highest BCUT2D eigenvalue weighted by Crippen LogP contribution is 2.20. The van der Waals surface area contributed by atoms with Crippen molar-refractivity contribution >= 4 is 11.6 Å². The minimum absolute atomic E-state index is 0.0240. The van der Waals surface area contributed by atoms with Gasteiger partial charge in [-0.15, -0.1) is 0 Å². The van der Waals surface area contributed by atoms with Crippen molar-refractivity contribution in [1.82, 2.24) is 0 Å². The number of amides is 1. The first-order chi connectivity index (χ1) is 9.31. The van der Waals surface area contributed by atoms with Crippen LogP contribution in [0.4, 0.5) is 0 Å². The van der Waals surface area contributed by atoms with Gasteiger partial charge in [0, 0.05) is 18.6 Å². The summed E-state index contributed by atoms with van der Waals surface area (Å²) in [5.41, 5.74) is 4.67. The van der Waals surface area contributed by atoms with E-state index in [1.54, 1.807) is 0 Å². The van der Waals surface area contributed by atoms with Crippen molar-refractivity contribution in [1.29, 1.82) is 0 Å². The molecule has 1 aliphatic heterocycles. The summed E-state index contributed by atoms with van der Waals surface area (Å²) in [6.45, 7) is 0. The van der Waals surface area contributed by atoms with Gasteiger partial charge in [0.25, 0.3) is 0 Å². The molecule has 0 spiro atoms. The maximum absolute atomic E-state index is 11.1. The molecule has 0 unspecified atom stereocenters. The molecule has 2 heteroatoms. The standard InChI is InChI=1S/C17H15NO/c19-17-11-10-16(18-17)12-13-6-8-15(9-7-13)14-4-2-1-3-5-14/h1-9H,10-12H2. The van der Waals surface area contributed by atoms with Crippen molar-refractivity contribution in [3.8, 4) is 11.1 Å². The maximum atomic E-state index is 11.1. The number of hydrogen-bond acceptors (Lipinski definition) is 1. The van der Waals surface area contributed by atoms with Gasteiger partial charge in [-0.1, -0.05) is 54.6 Å². The number of carbonyl (C=O) groups excluding carboxylic acids is 1. The number of carbonyl (C=O) groups is 1. The van der Waals surface area contributed by atoms with E-state index in [-0.39, 0.29) is 5.91 Å². The molecule has 0 bridgehead atoms. The minimum Gasteiger partial charge on any atom is -0.273 e. The van der Waals surface area contributed by atoms with Gasteiger partial charge < -0.3 is 0 Å². The molecular formula is C17H15NO. The van der Waals surface area contributed by atoms with Gasteiger partial charge in [-0.3, -0.25) is 4.79 Å². The number of nitrogens with zero attached hydrogens (tertiary/aromatic N) is 1. The lowest BCUT2D eigenvalue weighted by atomic mass is 10.0. The Hall–Kier alpha value is -2.22. The van der Waals surface area contributed by atoms with Gasteiger partial charge >= 0.3 is 0 Å². The van der Waals surface area contributed by atoms with Crippen LogP contribution in [0, 0.1) is 0 Å². The second-order valence-electron chi connectivity index (χ2n) is 4.81. The normalized spacial score (nSPS) is 14.5. The van der Waals surface area contributed by atoms with Crippen LogP contribution in [-0.2, 0) is 11.2 Å². The summed E-state index contributed by atoms with van der Waals surface area (Å²) in [4.78, 5) is 15.1. The Morgan fingerprint density at radius 2 is 1.53 bits per heavy atom. The highest BCUT2D eigenvalue weighted by atomic mass is 16.1. The van der Waals surface area contributed by atoms with Crippen molar-refractivity contribution < 1.29 is 4.79 Å². The van der Waals surface area contributed by atoms with E-state index in [9.17, 15) is 4.79 Å². The molecule has 0 fully saturated rings. The topological polar surface area (TPSA) is 29.4 Å². The Labute approximate surface area is 112 Å². The average molecular weight is 249 g/mol. The molecule has 0 aromatic heterocycles. The van der Waals surface area contributed by atoms with Crippen LogP contribution in [0.3, 0.4) is 0 Å². The van der Waals surface area contributed by atoms with Crippen molar-refractivity contribution in [3.05, 3.63) is 60.2 Å². The van der Waals surface area contributed by atoms with Crippen LogP contribution in [0.1, 0.15) is 18.4 Å². The number of aliphatic imine (C=N–C) groups is 1. The molecule has 2 aromatic rings. The third-order valence-corrected chi connectivity index (χ3v) is 3.38. The van der Waals surface area contributed by atoms with E-state index < -0.39 is 0 Å².